The molecule has 0 radical (unpaired) electrons. The number of benzene rings is 1. The van der Waals surface area contributed by atoms with Crippen molar-refractivity contribution in [3.05, 3.63) is 23.8 Å². The SMILES string of the molecule is CCN(C(=O)COc1cccc(O)c1C)C1CC1. The summed E-state index contributed by atoms with van der Waals surface area (Å²) in [7, 11) is 0. The largest absolute Gasteiger partial charge is 0.508 e. The first kappa shape index (κ1) is 12.7. The van der Waals surface area contributed by atoms with Crippen LogP contribution in [-0.2, 0) is 4.79 Å². The number of nitrogens with zero attached hydrogens (tertiary/aromatic N) is 1. The summed E-state index contributed by atoms with van der Waals surface area (Å²) in [5.74, 6) is 0.771. The van der Waals surface area contributed by atoms with Crippen LogP contribution >= 0.6 is 0 Å². The van der Waals surface area contributed by atoms with Crippen LogP contribution < -0.4 is 4.74 Å². The molecule has 0 saturated heterocycles. The van der Waals surface area contributed by atoms with Crippen molar-refractivity contribution in [3.63, 3.8) is 0 Å². The first-order valence-corrected chi connectivity index (χ1v) is 6.34. The summed E-state index contributed by atoms with van der Waals surface area (Å²) in [4.78, 5) is 13.8. The first-order valence-electron chi connectivity index (χ1n) is 6.34. The Morgan fingerprint density at radius 2 is 2.22 bits per heavy atom. The van der Waals surface area contributed by atoms with Gasteiger partial charge >= 0.3 is 0 Å². The minimum atomic E-state index is 0.0164. The van der Waals surface area contributed by atoms with Gasteiger partial charge in [0.05, 0.1) is 0 Å². The highest BCUT2D eigenvalue weighted by Gasteiger charge is 2.31. The number of hydrogen-bond donors (Lipinski definition) is 1. The number of aromatic hydroxyl groups is 1. The maximum Gasteiger partial charge on any atom is 0.260 e. The van der Waals surface area contributed by atoms with E-state index in [-0.39, 0.29) is 18.3 Å². The molecule has 0 atom stereocenters. The average Bonchev–Trinajstić information content (AvgIpc) is 3.16. The van der Waals surface area contributed by atoms with Crippen LogP contribution in [0.25, 0.3) is 0 Å². The predicted octanol–water partition coefficient (Wildman–Crippen LogP) is 2.09. The molecule has 1 aliphatic carbocycles. The van der Waals surface area contributed by atoms with E-state index >= 15 is 0 Å². The molecule has 1 amide bonds. The molecule has 0 unspecified atom stereocenters. The summed E-state index contributed by atoms with van der Waals surface area (Å²) in [6.07, 6.45) is 2.20. The van der Waals surface area contributed by atoms with Crippen LogP contribution in [0.3, 0.4) is 0 Å². The van der Waals surface area contributed by atoms with Crippen LogP contribution in [0.4, 0.5) is 0 Å². The summed E-state index contributed by atoms with van der Waals surface area (Å²) in [6.45, 7) is 4.52. The van der Waals surface area contributed by atoms with Crippen molar-refractivity contribution in [2.75, 3.05) is 13.2 Å². The molecule has 1 aromatic carbocycles. The van der Waals surface area contributed by atoms with Crippen molar-refractivity contribution in [1.29, 1.82) is 0 Å². The lowest BCUT2D eigenvalue weighted by Crippen LogP contribution is -2.36. The first-order chi connectivity index (χ1) is 8.63. The lowest BCUT2D eigenvalue weighted by molar-refractivity contribution is -0.133. The molecule has 0 aromatic heterocycles. The third kappa shape index (κ3) is 2.75. The number of hydrogen-bond acceptors (Lipinski definition) is 3. The topological polar surface area (TPSA) is 49.8 Å². The molecule has 1 saturated carbocycles. The zero-order chi connectivity index (χ0) is 13.1. The number of phenols is 1. The van der Waals surface area contributed by atoms with Crippen molar-refractivity contribution in [1.82, 2.24) is 4.90 Å². The van der Waals surface area contributed by atoms with E-state index in [4.69, 9.17) is 4.74 Å². The van der Waals surface area contributed by atoms with E-state index in [1.165, 1.54) is 0 Å². The van der Waals surface area contributed by atoms with Crippen molar-refractivity contribution >= 4 is 5.91 Å². The summed E-state index contributed by atoms with van der Waals surface area (Å²) < 4.78 is 5.49. The lowest BCUT2D eigenvalue weighted by atomic mass is 10.2. The third-order valence-electron chi connectivity index (χ3n) is 3.26. The second kappa shape index (κ2) is 5.29. The zero-order valence-corrected chi connectivity index (χ0v) is 10.8. The molecule has 0 heterocycles. The molecule has 4 nitrogen and oxygen atoms in total. The van der Waals surface area contributed by atoms with E-state index in [9.17, 15) is 9.90 Å². The standard InChI is InChI=1S/C14H19NO3/c1-3-15(11-7-8-11)14(17)9-18-13-6-4-5-12(16)10(13)2/h4-6,11,16H,3,7-9H2,1-2H3. The van der Waals surface area contributed by atoms with Gasteiger partial charge in [0.2, 0.25) is 0 Å². The zero-order valence-electron chi connectivity index (χ0n) is 10.8. The molecule has 0 spiro atoms. The molecule has 4 heteroatoms. The van der Waals surface area contributed by atoms with Gasteiger partial charge in [-0.15, -0.1) is 0 Å². The number of carbonyl (C=O) groups excluding carboxylic acids is 1. The molecule has 0 aliphatic heterocycles. The van der Waals surface area contributed by atoms with Gasteiger partial charge in [0.25, 0.3) is 5.91 Å². The van der Waals surface area contributed by atoms with Crippen LogP contribution in [0.2, 0.25) is 0 Å². The highest BCUT2D eigenvalue weighted by atomic mass is 16.5. The number of rotatable bonds is 5. The summed E-state index contributed by atoms with van der Waals surface area (Å²) >= 11 is 0. The Bertz CT molecular complexity index is 441. The second-order valence-electron chi connectivity index (χ2n) is 4.60. The van der Waals surface area contributed by atoms with E-state index in [2.05, 4.69) is 0 Å². The Morgan fingerprint density at radius 3 is 2.83 bits per heavy atom. The smallest absolute Gasteiger partial charge is 0.260 e. The highest BCUT2D eigenvalue weighted by molar-refractivity contribution is 5.78. The van der Waals surface area contributed by atoms with E-state index < -0.39 is 0 Å². The van der Waals surface area contributed by atoms with Gasteiger partial charge in [0.1, 0.15) is 11.5 Å². The van der Waals surface area contributed by atoms with Crippen LogP contribution in [-0.4, -0.2) is 35.1 Å². The molecule has 18 heavy (non-hydrogen) atoms. The van der Waals surface area contributed by atoms with Crippen LogP contribution in [0.1, 0.15) is 25.3 Å². The number of phenolic OH excluding ortho intramolecular Hbond substituents is 1. The molecule has 2 rings (SSSR count). The van der Waals surface area contributed by atoms with E-state index in [1.807, 2.05) is 11.8 Å². The predicted molar refractivity (Wildman–Crippen MR) is 68.7 cm³/mol. The molecule has 1 fully saturated rings. The van der Waals surface area contributed by atoms with Gasteiger partial charge < -0.3 is 14.7 Å². The normalized spacial score (nSPS) is 14.3. The van der Waals surface area contributed by atoms with Crippen molar-refractivity contribution in [2.24, 2.45) is 0 Å². The van der Waals surface area contributed by atoms with Gasteiger partial charge in [-0.1, -0.05) is 6.07 Å². The fourth-order valence-corrected chi connectivity index (χ4v) is 2.01. The van der Waals surface area contributed by atoms with Crippen molar-refractivity contribution in [3.8, 4) is 11.5 Å². The highest BCUT2D eigenvalue weighted by Crippen LogP contribution is 2.28. The Morgan fingerprint density at radius 1 is 1.50 bits per heavy atom. The Hall–Kier alpha value is -1.71. The Labute approximate surface area is 107 Å². The minimum Gasteiger partial charge on any atom is -0.508 e. The van der Waals surface area contributed by atoms with Crippen LogP contribution in [0.5, 0.6) is 11.5 Å². The third-order valence-corrected chi connectivity index (χ3v) is 3.26. The molecule has 1 aromatic rings. The minimum absolute atomic E-state index is 0.0164. The molecule has 98 valence electrons. The lowest BCUT2D eigenvalue weighted by Gasteiger charge is -2.20. The Balaban J connectivity index is 1.94. The number of carbonyl (C=O) groups is 1. The quantitative estimate of drug-likeness (QED) is 0.869. The van der Waals surface area contributed by atoms with Crippen LogP contribution in [0, 0.1) is 6.92 Å². The maximum absolute atomic E-state index is 12.0. The van der Waals surface area contributed by atoms with Crippen molar-refractivity contribution < 1.29 is 14.6 Å². The van der Waals surface area contributed by atoms with Gasteiger partial charge in [-0.05, 0) is 38.8 Å². The molecular weight excluding hydrogens is 230 g/mol. The number of ether oxygens (including phenoxy) is 1. The van der Waals surface area contributed by atoms with Gasteiger partial charge in [0, 0.05) is 18.2 Å². The van der Waals surface area contributed by atoms with Gasteiger partial charge in [-0.2, -0.15) is 0 Å². The summed E-state index contributed by atoms with van der Waals surface area (Å²) in [6, 6.07) is 5.49. The summed E-state index contributed by atoms with van der Waals surface area (Å²) in [5.41, 5.74) is 0.666. The number of likely N-dealkylation sites (N-methyl/N-ethyl adjacent to an activating group) is 1. The van der Waals surface area contributed by atoms with Crippen molar-refractivity contribution in [2.45, 2.75) is 32.7 Å². The van der Waals surface area contributed by atoms with Gasteiger partial charge in [0.15, 0.2) is 6.61 Å². The number of amides is 1. The fraction of sp³-hybridized carbons (Fsp3) is 0.500. The Kier molecular flexibility index (Phi) is 3.75. The molecule has 1 N–H and O–H groups in total. The van der Waals surface area contributed by atoms with E-state index in [0.29, 0.717) is 17.4 Å². The monoisotopic (exact) mass is 249 g/mol. The summed E-state index contributed by atoms with van der Waals surface area (Å²) in [5, 5.41) is 9.54. The van der Waals surface area contributed by atoms with Gasteiger partial charge in [-0.3, -0.25) is 4.79 Å². The maximum atomic E-state index is 12.0. The van der Waals surface area contributed by atoms with Crippen LogP contribution in [0.15, 0.2) is 18.2 Å². The molecule has 0 bridgehead atoms. The average molecular weight is 249 g/mol. The molecule has 1 aliphatic rings. The molecular formula is C14H19NO3. The van der Waals surface area contributed by atoms with E-state index in [1.54, 1.807) is 25.1 Å². The van der Waals surface area contributed by atoms with E-state index in [0.717, 1.165) is 19.4 Å². The van der Waals surface area contributed by atoms with Gasteiger partial charge in [-0.25, -0.2) is 0 Å². The second-order valence-corrected chi connectivity index (χ2v) is 4.60. The fourth-order valence-electron chi connectivity index (χ4n) is 2.01.